The van der Waals surface area contributed by atoms with E-state index in [-0.39, 0.29) is 17.4 Å². The summed E-state index contributed by atoms with van der Waals surface area (Å²) in [6, 6.07) is 5.84. The zero-order valence-corrected chi connectivity index (χ0v) is 16.6. The van der Waals surface area contributed by atoms with Gasteiger partial charge >= 0.3 is 0 Å². The van der Waals surface area contributed by atoms with Crippen molar-refractivity contribution in [2.24, 2.45) is 0 Å². The van der Waals surface area contributed by atoms with E-state index in [1.54, 1.807) is 17.4 Å². The van der Waals surface area contributed by atoms with Crippen LogP contribution in [0, 0.1) is 0 Å². The zero-order chi connectivity index (χ0) is 18.7. The first-order chi connectivity index (χ1) is 13.2. The Kier molecular flexibility index (Phi) is 5.43. The summed E-state index contributed by atoms with van der Waals surface area (Å²) >= 11 is 3.15. The Morgan fingerprint density at radius 1 is 1.11 bits per heavy atom. The molecule has 142 valence electrons. The van der Waals surface area contributed by atoms with Crippen molar-refractivity contribution in [2.45, 2.75) is 18.4 Å². The minimum absolute atomic E-state index is 0.0419. The number of carbonyl (C=O) groups excluding carboxylic acids is 2. The monoisotopic (exact) mass is 402 g/mol. The highest BCUT2D eigenvalue weighted by Crippen LogP contribution is 2.31. The first-order valence-electron chi connectivity index (χ1n) is 9.11. The molecule has 0 aliphatic carbocycles. The van der Waals surface area contributed by atoms with Crippen LogP contribution in [0.4, 0.5) is 0 Å². The summed E-state index contributed by atoms with van der Waals surface area (Å²) in [5.41, 5.74) is 0.432. The molecule has 0 saturated carbocycles. The molecule has 2 aliphatic rings. The van der Waals surface area contributed by atoms with E-state index in [9.17, 15) is 9.59 Å². The fourth-order valence-electron chi connectivity index (χ4n) is 3.67. The number of hydrogen-bond acceptors (Lipinski definition) is 5. The number of thiophene rings is 2. The van der Waals surface area contributed by atoms with Crippen LogP contribution in [0.3, 0.4) is 0 Å². The molecule has 0 unspecified atom stereocenters. The standard InChI is InChI=1S/C20H22N2O3S2/c23-18(4-3-17-2-1-12-27-17)21-8-6-20(7-9-21)15-22(10-11-25-20)19(24)16-5-13-26-14-16/h1-5,12-14H,6-11,15H2/b4-3+. The smallest absolute Gasteiger partial charge is 0.254 e. The van der Waals surface area contributed by atoms with Gasteiger partial charge in [-0.25, -0.2) is 0 Å². The third-order valence-electron chi connectivity index (χ3n) is 5.22. The fraction of sp³-hybridized carbons (Fsp3) is 0.400. The van der Waals surface area contributed by atoms with Crippen molar-refractivity contribution in [1.82, 2.24) is 9.80 Å². The third kappa shape index (κ3) is 4.15. The average Bonchev–Trinajstić information content (AvgIpc) is 3.40. The molecule has 0 radical (unpaired) electrons. The van der Waals surface area contributed by atoms with Gasteiger partial charge in [0.2, 0.25) is 5.91 Å². The van der Waals surface area contributed by atoms with Gasteiger partial charge in [-0.05, 0) is 41.8 Å². The SMILES string of the molecule is O=C(/C=C/c1cccs1)N1CCC2(CC1)CN(C(=O)c1ccsc1)CCO2. The number of nitrogens with zero attached hydrogens (tertiary/aromatic N) is 2. The second-order valence-corrected chi connectivity index (χ2v) is 8.70. The second-order valence-electron chi connectivity index (χ2n) is 6.94. The van der Waals surface area contributed by atoms with Crippen LogP contribution in [0.5, 0.6) is 0 Å². The molecule has 5 nitrogen and oxygen atoms in total. The van der Waals surface area contributed by atoms with Crippen molar-refractivity contribution >= 4 is 40.6 Å². The van der Waals surface area contributed by atoms with Gasteiger partial charge in [-0.1, -0.05) is 6.07 Å². The van der Waals surface area contributed by atoms with Crippen LogP contribution in [0.15, 0.2) is 40.4 Å². The van der Waals surface area contributed by atoms with Crippen molar-refractivity contribution in [2.75, 3.05) is 32.8 Å². The molecule has 4 rings (SSSR count). The van der Waals surface area contributed by atoms with Gasteiger partial charge in [-0.2, -0.15) is 11.3 Å². The van der Waals surface area contributed by atoms with Gasteiger partial charge in [0.25, 0.3) is 5.91 Å². The van der Waals surface area contributed by atoms with E-state index in [0.717, 1.165) is 23.3 Å². The summed E-state index contributed by atoms with van der Waals surface area (Å²) in [7, 11) is 0. The van der Waals surface area contributed by atoms with Crippen molar-refractivity contribution in [1.29, 1.82) is 0 Å². The molecular formula is C20H22N2O3S2. The molecule has 4 heterocycles. The summed E-state index contributed by atoms with van der Waals surface area (Å²) < 4.78 is 6.11. The Bertz CT molecular complexity index is 806. The average molecular weight is 403 g/mol. The van der Waals surface area contributed by atoms with Crippen molar-refractivity contribution in [3.63, 3.8) is 0 Å². The lowest BCUT2D eigenvalue weighted by atomic mass is 9.89. The highest BCUT2D eigenvalue weighted by atomic mass is 32.1. The van der Waals surface area contributed by atoms with E-state index in [4.69, 9.17) is 4.74 Å². The number of carbonyl (C=O) groups is 2. The van der Waals surface area contributed by atoms with Crippen molar-refractivity contribution < 1.29 is 14.3 Å². The molecule has 27 heavy (non-hydrogen) atoms. The van der Waals surface area contributed by atoms with Crippen LogP contribution in [-0.2, 0) is 9.53 Å². The Balaban J connectivity index is 1.35. The lowest BCUT2D eigenvalue weighted by Crippen LogP contribution is -2.58. The Hall–Kier alpha value is -1.96. The first kappa shape index (κ1) is 18.4. The molecule has 0 bridgehead atoms. The van der Waals surface area contributed by atoms with Crippen LogP contribution < -0.4 is 0 Å². The largest absolute Gasteiger partial charge is 0.371 e. The number of rotatable bonds is 3. The molecule has 2 fully saturated rings. The molecule has 2 aromatic heterocycles. The van der Waals surface area contributed by atoms with Gasteiger partial charge in [0, 0.05) is 36.0 Å². The van der Waals surface area contributed by atoms with E-state index in [0.29, 0.717) is 32.8 Å². The zero-order valence-electron chi connectivity index (χ0n) is 15.0. The van der Waals surface area contributed by atoms with Gasteiger partial charge in [0.15, 0.2) is 0 Å². The number of likely N-dealkylation sites (tertiary alicyclic amines) is 1. The highest BCUT2D eigenvalue weighted by Gasteiger charge is 2.41. The summed E-state index contributed by atoms with van der Waals surface area (Å²) in [5, 5.41) is 5.82. The molecule has 2 saturated heterocycles. The van der Waals surface area contributed by atoms with Crippen LogP contribution in [0.1, 0.15) is 28.1 Å². The van der Waals surface area contributed by atoms with E-state index >= 15 is 0 Å². The topological polar surface area (TPSA) is 49.9 Å². The number of morpholine rings is 1. The number of piperidine rings is 1. The number of ether oxygens (including phenoxy) is 1. The maximum atomic E-state index is 12.7. The molecule has 0 aromatic carbocycles. The fourth-order valence-corrected chi connectivity index (χ4v) is 4.92. The molecule has 2 amide bonds. The van der Waals surface area contributed by atoms with E-state index < -0.39 is 0 Å². The van der Waals surface area contributed by atoms with E-state index in [1.807, 2.05) is 50.2 Å². The molecule has 7 heteroatoms. The van der Waals surface area contributed by atoms with E-state index in [2.05, 4.69) is 0 Å². The highest BCUT2D eigenvalue weighted by molar-refractivity contribution is 7.10. The summed E-state index contributed by atoms with van der Waals surface area (Å²) in [5.74, 6) is 0.122. The maximum absolute atomic E-state index is 12.7. The summed E-state index contributed by atoms with van der Waals surface area (Å²) in [4.78, 5) is 29.9. The van der Waals surface area contributed by atoms with Crippen LogP contribution >= 0.6 is 22.7 Å². The minimum atomic E-state index is -0.321. The molecule has 2 aliphatic heterocycles. The molecule has 1 spiro atoms. The van der Waals surface area contributed by atoms with Crippen molar-refractivity contribution in [3.8, 4) is 0 Å². The number of hydrogen-bond donors (Lipinski definition) is 0. The Morgan fingerprint density at radius 2 is 1.96 bits per heavy atom. The van der Waals surface area contributed by atoms with Gasteiger partial charge in [0.05, 0.1) is 24.3 Å². The summed E-state index contributed by atoms with van der Waals surface area (Å²) in [6.07, 6.45) is 5.05. The van der Waals surface area contributed by atoms with E-state index in [1.165, 1.54) is 11.3 Å². The van der Waals surface area contributed by atoms with Crippen molar-refractivity contribution in [3.05, 3.63) is 50.9 Å². The van der Waals surface area contributed by atoms with Gasteiger partial charge in [-0.3, -0.25) is 9.59 Å². The molecular weight excluding hydrogens is 380 g/mol. The second kappa shape index (κ2) is 7.96. The maximum Gasteiger partial charge on any atom is 0.254 e. The van der Waals surface area contributed by atoms with Gasteiger partial charge < -0.3 is 14.5 Å². The Morgan fingerprint density at radius 3 is 2.67 bits per heavy atom. The first-order valence-corrected chi connectivity index (χ1v) is 10.9. The normalized spacial score (nSPS) is 19.7. The summed E-state index contributed by atoms with van der Waals surface area (Å²) in [6.45, 7) is 3.11. The van der Waals surface area contributed by atoms with Crippen LogP contribution in [0.2, 0.25) is 0 Å². The molecule has 0 N–H and O–H groups in total. The quantitative estimate of drug-likeness (QED) is 0.740. The lowest BCUT2D eigenvalue weighted by Gasteiger charge is -2.47. The number of amides is 2. The predicted octanol–water partition coefficient (Wildman–Crippen LogP) is 3.36. The van der Waals surface area contributed by atoms with Crippen LogP contribution in [0.25, 0.3) is 6.08 Å². The van der Waals surface area contributed by atoms with Gasteiger partial charge in [0.1, 0.15) is 0 Å². The predicted molar refractivity (Wildman–Crippen MR) is 108 cm³/mol. The minimum Gasteiger partial charge on any atom is -0.371 e. The molecule has 0 atom stereocenters. The Labute approximate surface area is 166 Å². The third-order valence-corrected chi connectivity index (χ3v) is 6.74. The lowest BCUT2D eigenvalue weighted by molar-refractivity contribution is -0.143. The van der Waals surface area contributed by atoms with Gasteiger partial charge in [-0.15, -0.1) is 11.3 Å². The molecule has 2 aromatic rings. The van der Waals surface area contributed by atoms with Crippen LogP contribution in [-0.4, -0.2) is 60.0 Å².